The molecule has 3 N–H and O–H groups in total. The number of hydrogen-bond donors (Lipinski definition) is 3. The molecule has 1 aromatic heterocycles. The van der Waals surface area contributed by atoms with Crippen LogP contribution >= 0.6 is 0 Å². The largest absolute Gasteiger partial charge is 0.497 e. The van der Waals surface area contributed by atoms with Gasteiger partial charge in [-0.1, -0.05) is 12.1 Å². The Hall–Kier alpha value is -4.67. The zero-order valence-electron chi connectivity index (χ0n) is 26.1. The SMILES string of the molecule is CNCc1cc(OCc2ccnn2C)ccc1CC[C@H](O)CNC(=O)c1ccc2c(c1)CCN(C(=O)c1ccc(OC)cc1)C2. The summed E-state index contributed by atoms with van der Waals surface area (Å²) >= 11 is 0. The lowest BCUT2D eigenvalue weighted by molar-refractivity contribution is 0.0734. The average Bonchev–Trinajstić information content (AvgIpc) is 3.49. The van der Waals surface area contributed by atoms with Crippen LogP contribution in [0.5, 0.6) is 11.5 Å². The number of ether oxygens (including phenoxy) is 2. The van der Waals surface area contributed by atoms with E-state index in [9.17, 15) is 14.7 Å². The standard InChI is InChI=1S/C35H41N5O5/c1-36-20-29-19-33(45-23-30-14-16-38-39(30)2)13-7-24(29)6-10-31(41)21-37-34(42)27-4-5-28-22-40(17-15-26(28)18-27)35(43)25-8-11-32(44-3)12-9-25/h4-5,7-9,11-14,16,18-19,31,36,41H,6,10,15,17,20-23H2,1-3H3,(H,37,42)/t31-/m0/s1. The second-order valence-electron chi connectivity index (χ2n) is 11.3. The lowest BCUT2D eigenvalue weighted by atomic mass is 9.96. The number of benzene rings is 3. The van der Waals surface area contributed by atoms with Crippen LogP contribution in [-0.4, -0.2) is 65.0 Å². The van der Waals surface area contributed by atoms with E-state index < -0.39 is 6.10 Å². The number of aliphatic hydroxyl groups excluding tert-OH is 1. The van der Waals surface area contributed by atoms with Gasteiger partial charge in [-0.05, 0) is 103 Å². The van der Waals surface area contributed by atoms with Crippen molar-refractivity contribution in [3.8, 4) is 11.5 Å². The molecule has 45 heavy (non-hydrogen) atoms. The summed E-state index contributed by atoms with van der Waals surface area (Å²) in [4.78, 5) is 27.8. The summed E-state index contributed by atoms with van der Waals surface area (Å²) in [5, 5.41) is 20.9. The molecule has 0 saturated carbocycles. The van der Waals surface area contributed by atoms with Gasteiger partial charge < -0.3 is 30.1 Å². The van der Waals surface area contributed by atoms with Gasteiger partial charge in [0.1, 0.15) is 18.1 Å². The molecule has 10 heteroatoms. The van der Waals surface area contributed by atoms with Gasteiger partial charge in [-0.15, -0.1) is 0 Å². The van der Waals surface area contributed by atoms with Crippen molar-refractivity contribution < 1.29 is 24.2 Å². The van der Waals surface area contributed by atoms with Crippen LogP contribution in [0.25, 0.3) is 0 Å². The Morgan fingerprint density at radius 1 is 0.978 bits per heavy atom. The van der Waals surface area contributed by atoms with E-state index in [0.29, 0.717) is 62.4 Å². The minimum absolute atomic E-state index is 0.0257. The van der Waals surface area contributed by atoms with Crippen LogP contribution in [0, 0.1) is 0 Å². The van der Waals surface area contributed by atoms with Crippen LogP contribution < -0.4 is 20.1 Å². The number of amides is 2. The Balaban J connectivity index is 1.10. The van der Waals surface area contributed by atoms with Crippen LogP contribution in [0.3, 0.4) is 0 Å². The van der Waals surface area contributed by atoms with Crippen molar-refractivity contribution in [2.75, 3.05) is 27.2 Å². The molecule has 0 unspecified atom stereocenters. The molecule has 0 radical (unpaired) electrons. The number of rotatable bonds is 13. The summed E-state index contributed by atoms with van der Waals surface area (Å²) in [5.41, 5.74) is 6.48. The number of hydrogen-bond acceptors (Lipinski definition) is 7. The predicted octanol–water partition coefficient (Wildman–Crippen LogP) is 3.65. The molecule has 2 amide bonds. The molecule has 1 aliphatic rings. The molecule has 0 fully saturated rings. The quantitative estimate of drug-likeness (QED) is 0.211. The summed E-state index contributed by atoms with van der Waals surface area (Å²) in [6, 6.07) is 20.7. The molecule has 5 rings (SSSR count). The fourth-order valence-corrected chi connectivity index (χ4v) is 5.51. The first-order valence-electron chi connectivity index (χ1n) is 15.2. The van der Waals surface area contributed by atoms with Crippen molar-refractivity contribution in [1.29, 1.82) is 0 Å². The first-order chi connectivity index (χ1) is 21.8. The van der Waals surface area contributed by atoms with E-state index in [4.69, 9.17) is 9.47 Å². The summed E-state index contributed by atoms with van der Waals surface area (Å²) in [6.45, 7) is 2.34. The van der Waals surface area contributed by atoms with Gasteiger partial charge in [0, 0.05) is 50.6 Å². The predicted molar refractivity (Wildman–Crippen MR) is 171 cm³/mol. The Labute approximate surface area is 264 Å². The Morgan fingerprint density at radius 3 is 2.49 bits per heavy atom. The van der Waals surface area contributed by atoms with Gasteiger partial charge >= 0.3 is 0 Å². The zero-order valence-corrected chi connectivity index (χ0v) is 26.1. The average molecular weight is 612 g/mol. The van der Waals surface area contributed by atoms with Crippen LogP contribution in [-0.2, 0) is 39.6 Å². The highest BCUT2D eigenvalue weighted by Gasteiger charge is 2.23. The molecule has 2 heterocycles. The van der Waals surface area contributed by atoms with E-state index >= 15 is 0 Å². The highest BCUT2D eigenvalue weighted by atomic mass is 16.5. The summed E-state index contributed by atoms with van der Waals surface area (Å²) in [7, 11) is 5.38. The minimum atomic E-state index is -0.688. The van der Waals surface area contributed by atoms with Crippen molar-refractivity contribution in [3.63, 3.8) is 0 Å². The van der Waals surface area contributed by atoms with Gasteiger partial charge in [-0.3, -0.25) is 14.3 Å². The highest BCUT2D eigenvalue weighted by Crippen LogP contribution is 2.24. The van der Waals surface area contributed by atoms with Gasteiger partial charge in [0.15, 0.2) is 0 Å². The Bertz CT molecular complexity index is 1620. The molecule has 0 saturated heterocycles. The monoisotopic (exact) mass is 611 g/mol. The van der Waals surface area contributed by atoms with Crippen LogP contribution in [0.4, 0.5) is 0 Å². The number of aryl methyl sites for hydroxylation is 2. The molecule has 10 nitrogen and oxygen atoms in total. The topological polar surface area (TPSA) is 118 Å². The molecular formula is C35H41N5O5. The summed E-state index contributed by atoms with van der Waals surface area (Å²) in [6.07, 6.45) is 2.91. The molecule has 0 aliphatic carbocycles. The molecular weight excluding hydrogens is 570 g/mol. The maximum Gasteiger partial charge on any atom is 0.254 e. The highest BCUT2D eigenvalue weighted by molar-refractivity contribution is 5.95. The molecule has 0 bridgehead atoms. The zero-order chi connectivity index (χ0) is 31.8. The van der Waals surface area contributed by atoms with Gasteiger partial charge in [0.2, 0.25) is 0 Å². The number of fused-ring (bicyclic) bond motifs is 1. The molecule has 4 aromatic rings. The number of aliphatic hydroxyl groups is 1. The van der Waals surface area contributed by atoms with E-state index in [1.165, 1.54) is 0 Å². The Kier molecular flexibility index (Phi) is 10.5. The van der Waals surface area contributed by atoms with Crippen molar-refractivity contribution >= 4 is 11.8 Å². The number of nitrogens with zero attached hydrogens (tertiary/aromatic N) is 3. The first-order valence-corrected chi connectivity index (χ1v) is 15.2. The smallest absolute Gasteiger partial charge is 0.254 e. The van der Waals surface area contributed by atoms with Crippen molar-refractivity contribution in [2.45, 2.75) is 45.1 Å². The second kappa shape index (κ2) is 14.9. The third-order valence-electron chi connectivity index (χ3n) is 8.20. The number of carbonyl (C=O) groups excluding carboxylic acids is 2. The number of aromatic nitrogens is 2. The van der Waals surface area contributed by atoms with Crippen LogP contribution in [0.15, 0.2) is 72.9 Å². The Morgan fingerprint density at radius 2 is 1.76 bits per heavy atom. The van der Waals surface area contributed by atoms with Gasteiger partial charge in [-0.2, -0.15) is 5.10 Å². The molecule has 1 atom stereocenters. The number of nitrogens with one attached hydrogen (secondary N) is 2. The van der Waals surface area contributed by atoms with Crippen molar-refractivity contribution in [3.05, 3.63) is 112 Å². The molecule has 0 spiro atoms. The second-order valence-corrected chi connectivity index (χ2v) is 11.3. The third-order valence-corrected chi connectivity index (χ3v) is 8.20. The fourth-order valence-electron chi connectivity index (χ4n) is 5.51. The first kappa shape index (κ1) is 31.7. The fraction of sp³-hybridized carbons (Fsp3) is 0.343. The summed E-state index contributed by atoms with van der Waals surface area (Å²) in [5.74, 6) is 1.24. The van der Waals surface area contributed by atoms with Gasteiger partial charge in [0.05, 0.1) is 18.9 Å². The maximum absolute atomic E-state index is 13.0. The molecule has 1 aliphatic heterocycles. The van der Waals surface area contributed by atoms with E-state index in [1.54, 1.807) is 48.3 Å². The molecule has 236 valence electrons. The normalized spacial score (nSPS) is 13.2. The summed E-state index contributed by atoms with van der Waals surface area (Å²) < 4.78 is 13.0. The van der Waals surface area contributed by atoms with Crippen molar-refractivity contribution in [1.82, 2.24) is 25.3 Å². The number of methoxy groups -OCH3 is 1. The lowest BCUT2D eigenvalue weighted by Gasteiger charge is -2.29. The maximum atomic E-state index is 13.0. The van der Waals surface area contributed by atoms with Crippen molar-refractivity contribution in [2.24, 2.45) is 7.05 Å². The van der Waals surface area contributed by atoms with E-state index in [0.717, 1.165) is 33.7 Å². The molecule has 3 aromatic carbocycles. The van der Waals surface area contributed by atoms with E-state index in [2.05, 4.69) is 15.7 Å². The lowest BCUT2D eigenvalue weighted by Crippen LogP contribution is -2.36. The van der Waals surface area contributed by atoms with E-state index in [-0.39, 0.29) is 18.4 Å². The van der Waals surface area contributed by atoms with Crippen LogP contribution in [0.2, 0.25) is 0 Å². The third kappa shape index (κ3) is 8.09. The van der Waals surface area contributed by atoms with Gasteiger partial charge in [-0.25, -0.2) is 0 Å². The van der Waals surface area contributed by atoms with Crippen LogP contribution in [0.1, 0.15) is 55.1 Å². The minimum Gasteiger partial charge on any atom is -0.497 e. The van der Waals surface area contributed by atoms with E-state index in [1.807, 2.05) is 55.4 Å². The van der Waals surface area contributed by atoms with Gasteiger partial charge in [0.25, 0.3) is 11.8 Å². The number of carbonyl (C=O) groups is 2.